The number of aryl methyl sites for hydroxylation is 4. The second kappa shape index (κ2) is 24.8. The van der Waals surface area contributed by atoms with Crippen LogP contribution in [-0.4, -0.2) is 72.0 Å². The van der Waals surface area contributed by atoms with Crippen LogP contribution >= 0.6 is 0 Å². The standard InChI is InChI=1S/C20H31N3O3S.C14H18N2O.C9H19NO.CH2O.6H2/c1-3-11-21-14(2)10-12-27(25,26)23-20(24)22-19-17-8-4-6-15(17)13-16-7-5-9-18(16)19;1-15-14(17)16-13-11-6-2-4-9(11)8-10-5-3-7-12(10)13;1-3-6-10-7-4-9(2)5-8-11;1-2;;;;;;/h13-14,21H,3-12H2,1-2H3,(H2,22,23,24);8H,2-7H2,1H3,(H2,15,16,17);8-10H,3-7H2,1-2H3;1H2;6*1H. The van der Waals surface area contributed by atoms with Gasteiger partial charge in [0.1, 0.15) is 13.1 Å². The molecule has 0 bridgehead atoms. The molecule has 0 aliphatic heterocycles. The second-order valence-corrected chi connectivity index (χ2v) is 17.6. The molecule has 57 heavy (non-hydrogen) atoms. The first-order chi connectivity index (χ1) is 27.5. The van der Waals surface area contributed by atoms with E-state index in [4.69, 9.17) is 4.79 Å². The molecule has 2 aromatic rings. The molecule has 330 valence electrons. The first-order valence-corrected chi connectivity index (χ1v) is 22.9. The molecule has 6 rings (SSSR count). The van der Waals surface area contributed by atoms with E-state index in [9.17, 15) is 22.8 Å². The molecule has 4 aliphatic carbocycles. The molecule has 0 saturated carbocycles. The van der Waals surface area contributed by atoms with Crippen molar-refractivity contribution in [2.24, 2.45) is 5.92 Å². The van der Waals surface area contributed by atoms with Crippen LogP contribution in [0.1, 0.15) is 139 Å². The van der Waals surface area contributed by atoms with Gasteiger partial charge in [0.25, 0.3) is 0 Å². The van der Waals surface area contributed by atoms with Gasteiger partial charge in [0.2, 0.25) is 10.0 Å². The van der Waals surface area contributed by atoms with Gasteiger partial charge in [-0.05, 0) is 180 Å². The molecule has 0 aromatic heterocycles. The molecule has 2 unspecified atom stereocenters. The van der Waals surface area contributed by atoms with Crippen LogP contribution in [-0.2, 0) is 71.0 Å². The number of amides is 4. The predicted octanol–water partition coefficient (Wildman–Crippen LogP) is 8.20. The largest absolute Gasteiger partial charge is 0.341 e. The number of sulfonamides is 1. The summed E-state index contributed by atoms with van der Waals surface area (Å²) in [7, 11) is -1.99. The van der Waals surface area contributed by atoms with Gasteiger partial charge in [-0.2, -0.15) is 0 Å². The van der Waals surface area contributed by atoms with Gasteiger partial charge < -0.3 is 36.2 Å². The topological polar surface area (TPSA) is 175 Å². The predicted molar refractivity (Wildman–Crippen MR) is 245 cm³/mol. The monoisotopic (exact) mass is 823 g/mol. The van der Waals surface area contributed by atoms with Crippen LogP contribution < -0.4 is 31.3 Å². The summed E-state index contributed by atoms with van der Waals surface area (Å²) in [4.78, 5) is 42.1. The first-order valence-electron chi connectivity index (χ1n) is 21.3. The summed E-state index contributed by atoms with van der Waals surface area (Å²) in [5, 5.41) is 15.1. The Morgan fingerprint density at radius 3 is 1.60 bits per heavy atom. The highest BCUT2D eigenvalue weighted by Crippen LogP contribution is 2.39. The van der Waals surface area contributed by atoms with E-state index in [2.05, 4.69) is 64.2 Å². The lowest BCUT2D eigenvalue weighted by Gasteiger charge is -2.17. The van der Waals surface area contributed by atoms with Crippen molar-refractivity contribution in [2.75, 3.05) is 43.1 Å². The number of aldehydes is 1. The van der Waals surface area contributed by atoms with Crippen molar-refractivity contribution in [3.8, 4) is 0 Å². The third kappa shape index (κ3) is 14.8. The van der Waals surface area contributed by atoms with E-state index in [1.165, 1.54) is 76.6 Å². The minimum absolute atomic E-state index is 0. The summed E-state index contributed by atoms with van der Waals surface area (Å²) in [5.41, 5.74) is 12.7. The third-order valence-electron chi connectivity index (χ3n) is 11.2. The first kappa shape index (κ1) is 47.6. The summed E-state index contributed by atoms with van der Waals surface area (Å²) in [6.07, 6.45) is 18.7. The highest BCUT2D eigenvalue weighted by molar-refractivity contribution is 7.90. The van der Waals surface area contributed by atoms with Gasteiger partial charge in [-0.1, -0.05) is 32.9 Å². The Bertz CT molecular complexity index is 1700. The van der Waals surface area contributed by atoms with Gasteiger partial charge in [0.05, 0.1) is 5.75 Å². The lowest BCUT2D eigenvalue weighted by atomic mass is 9.99. The number of rotatable bonds is 16. The summed E-state index contributed by atoms with van der Waals surface area (Å²) < 4.78 is 26.7. The minimum atomic E-state index is -3.65. The molecule has 0 saturated heterocycles. The fourth-order valence-electron chi connectivity index (χ4n) is 8.20. The lowest BCUT2D eigenvalue weighted by molar-refractivity contribution is -0.108. The number of hydrogen-bond donors (Lipinski definition) is 6. The molecule has 2 aromatic carbocycles. The molecule has 4 amide bonds. The highest BCUT2D eigenvalue weighted by atomic mass is 32.2. The zero-order chi connectivity index (χ0) is 41.8. The quantitative estimate of drug-likeness (QED) is 0.0726. The van der Waals surface area contributed by atoms with Gasteiger partial charge in [0.15, 0.2) is 0 Å². The van der Waals surface area contributed by atoms with Crippen LogP contribution in [0.15, 0.2) is 12.1 Å². The van der Waals surface area contributed by atoms with Crippen molar-refractivity contribution in [3.05, 3.63) is 56.6 Å². The summed E-state index contributed by atoms with van der Waals surface area (Å²) in [5.74, 6) is 0.473. The van der Waals surface area contributed by atoms with Gasteiger partial charge in [-0.15, -0.1) is 0 Å². The molecule has 13 heteroatoms. The van der Waals surface area contributed by atoms with Gasteiger partial charge in [-0.3, -0.25) is 0 Å². The van der Waals surface area contributed by atoms with Crippen LogP contribution in [0.4, 0.5) is 21.0 Å². The third-order valence-corrected chi connectivity index (χ3v) is 12.5. The molecule has 0 radical (unpaired) electrons. The van der Waals surface area contributed by atoms with Crippen molar-refractivity contribution in [1.29, 1.82) is 0 Å². The van der Waals surface area contributed by atoms with Crippen molar-refractivity contribution >= 4 is 46.5 Å². The van der Waals surface area contributed by atoms with Crippen molar-refractivity contribution < 1.29 is 36.2 Å². The Labute approximate surface area is 351 Å². The number of benzene rings is 2. The normalized spacial score (nSPS) is 15.4. The van der Waals surface area contributed by atoms with Crippen LogP contribution in [0.5, 0.6) is 0 Å². The number of urea groups is 2. The second-order valence-electron chi connectivity index (χ2n) is 15.7. The SMILES string of the molecule is C=O.CCCNC(C)CCS(=O)(=O)NC(=O)Nc1c2c(cc3c1CCC3)CCC2.CCCNCCC(C)CC=O.CNC(=O)Nc1c2c(cc3c1CCC3)CCC2.[HH].[HH].[HH].[HH].[HH].[HH]. The van der Waals surface area contributed by atoms with Crippen molar-refractivity contribution in [3.63, 3.8) is 0 Å². The molecule has 0 fully saturated rings. The van der Waals surface area contributed by atoms with Gasteiger partial charge in [-0.25, -0.2) is 22.7 Å². The van der Waals surface area contributed by atoms with E-state index in [-0.39, 0.29) is 26.4 Å². The minimum Gasteiger partial charge on any atom is -0.341 e. The maximum absolute atomic E-state index is 12.4. The number of hydrogen-bond acceptors (Lipinski definition) is 8. The Morgan fingerprint density at radius 1 is 0.719 bits per heavy atom. The van der Waals surface area contributed by atoms with E-state index in [1.54, 1.807) is 7.05 Å². The Hall–Kier alpha value is -3.81. The van der Waals surface area contributed by atoms with E-state index < -0.39 is 16.1 Å². The molecule has 6 N–H and O–H groups in total. The zero-order valence-corrected chi connectivity index (χ0v) is 36.1. The van der Waals surface area contributed by atoms with Crippen LogP contribution in [0.3, 0.4) is 0 Å². The molecule has 0 heterocycles. The highest BCUT2D eigenvalue weighted by Gasteiger charge is 2.27. The number of anilines is 2. The van der Waals surface area contributed by atoms with Crippen LogP contribution in [0.25, 0.3) is 0 Å². The molecule has 12 nitrogen and oxygen atoms in total. The average Bonchev–Trinajstić information content (AvgIpc) is 4.04. The molecule has 2 atom stereocenters. The maximum atomic E-state index is 12.4. The van der Waals surface area contributed by atoms with E-state index in [0.29, 0.717) is 18.8 Å². The fourth-order valence-corrected chi connectivity index (χ4v) is 9.30. The average molecular weight is 823 g/mol. The number of carbonyl (C=O) groups is 4. The van der Waals surface area contributed by atoms with E-state index in [0.717, 1.165) is 102 Å². The number of nitrogens with one attached hydrogen (secondary N) is 6. The molecule has 4 aliphatic rings. The fraction of sp³-hybridized carbons (Fsp3) is 0.636. The molecular weight excluding hydrogens is 741 g/mol. The van der Waals surface area contributed by atoms with Crippen LogP contribution in [0.2, 0.25) is 0 Å². The maximum Gasteiger partial charge on any atom is 0.332 e. The van der Waals surface area contributed by atoms with E-state index in [1.807, 2.05) is 13.7 Å². The van der Waals surface area contributed by atoms with Crippen molar-refractivity contribution in [2.45, 2.75) is 143 Å². The smallest absolute Gasteiger partial charge is 0.332 e. The summed E-state index contributed by atoms with van der Waals surface area (Å²) >= 11 is 0. The van der Waals surface area contributed by atoms with Gasteiger partial charge >= 0.3 is 12.1 Å². The van der Waals surface area contributed by atoms with Gasteiger partial charge in [0, 0.05) is 39.4 Å². The van der Waals surface area contributed by atoms with Crippen LogP contribution in [0, 0.1) is 5.92 Å². The Balaban J connectivity index is -0.000000421. The van der Waals surface area contributed by atoms with E-state index >= 15 is 0 Å². The Morgan fingerprint density at radius 2 is 1.18 bits per heavy atom. The number of carbonyl (C=O) groups excluding carboxylic acids is 4. The molecular formula is C44H82N6O6S. The Kier molecular flexibility index (Phi) is 20.7. The summed E-state index contributed by atoms with van der Waals surface area (Å²) in [6, 6.07) is 4.03. The van der Waals surface area contributed by atoms with Crippen molar-refractivity contribution in [1.82, 2.24) is 20.7 Å². The molecule has 0 spiro atoms. The zero-order valence-electron chi connectivity index (χ0n) is 35.3. The summed E-state index contributed by atoms with van der Waals surface area (Å²) in [6.45, 7) is 13.3. The number of fused-ring (bicyclic) bond motifs is 4. The lowest BCUT2D eigenvalue weighted by Crippen LogP contribution is -2.38.